The van der Waals surface area contributed by atoms with Gasteiger partial charge in [-0.2, -0.15) is 0 Å². The summed E-state index contributed by atoms with van der Waals surface area (Å²) in [7, 11) is 0. The Bertz CT molecular complexity index is 1440. The van der Waals surface area contributed by atoms with E-state index in [1.807, 2.05) is 26.0 Å². The number of aryl methyl sites for hydroxylation is 4. The Morgan fingerprint density at radius 1 is 1.06 bits per heavy atom. The van der Waals surface area contributed by atoms with Gasteiger partial charge >= 0.3 is 0 Å². The van der Waals surface area contributed by atoms with Crippen LogP contribution >= 0.6 is 11.3 Å². The number of furan rings is 2. The largest absolute Gasteiger partial charge is 0.503 e. The highest BCUT2D eigenvalue weighted by Gasteiger charge is 2.48. The number of aliphatic hydroxyl groups excluding tert-OH is 1. The number of amides is 1. The minimum Gasteiger partial charge on any atom is -0.503 e. The first kappa shape index (κ1) is 20.3. The van der Waals surface area contributed by atoms with E-state index in [1.165, 1.54) is 22.3 Å². The van der Waals surface area contributed by atoms with Crippen molar-refractivity contribution in [1.82, 2.24) is 4.98 Å². The van der Waals surface area contributed by atoms with Crippen LogP contribution in [0, 0.1) is 27.7 Å². The lowest BCUT2D eigenvalue weighted by Crippen LogP contribution is -2.30. The van der Waals surface area contributed by atoms with Crippen molar-refractivity contribution >= 4 is 38.4 Å². The van der Waals surface area contributed by atoms with E-state index in [2.05, 4.69) is 4.98 Å². The first-order chi connectivity index (χ1) is 15.2. The normalized spacial score (nSPS) is 16.6. The van der Waals surface area contributed by atoms with E-state index in [9.17, 15) is 14.7 Å². The van der Waals surface area contributed by atoms with Gasteiger partial charge in [-0.25, -0.2) is 4.98 Å². The fourth-order valence-corrected chi connectivity index (χ4v) is 5.22. The highest BCUT2D eigenvalue weighted by Crippen LogP contribution is 2.45. The van der Waals surface area contributed by atoms with Gasteiger partial charge in [-0.05, 0) is 69.2 Å². The Morgan fingerprint density at radius 2 is 1.78 bits per heavy atom. The van der Waals surface area contributed by atoms with Crippen LogP contribution in [0.15, 0.2) is 56.6 Å². The van der Waals surface area contributed by atoms with Gasteiger partial charge in [0.05, 0.1) is 15.8 Å². The van der Waals surface area contributed by atoms with Crippen molar-refractivity contribution in [3.8, 4) is 0 Å². The minimum absolute atomic E-state index is 0.0442. The Labute approximate surface area is 187 Å². The lowest BCUT2D eigenvalue weighted by atomic mass is 10.00. The Morgan fingerprint density at radius 3 is 2.44 bits per heavy atom. The molecule has 1 aromatic carbocycles. The average Bonchev–Trinajstić information content (AvgIpc) is 3.49. The van der Waals surface area contributed by atoms with Crippen molar-refractivity contribution in [3.63, 3.8) is 0 Å². The lowest BCUT2D eigenvalue weighted by molar-refractivity contribution is -0.117. The van der Waals surface area contributed by atoms with Crippen LogP contribution in [-0.2, 0) is 4.79 Å². The van der Waals surface area contributed by atoms with E-state index in [0.717, 1.165) is 21.3 Å². The van der Waals surface area contributed by atoms with Crippen molar-refractivity contribution < 1.29 is 23.5 Å². The molecule has 1 aliphatic rings. The topological polar surface area (TPSA) is 96.8 Å². The Balaban J connectivity index is 1.68. The van der Waals surface area contributed by atoms with E-state index in [-0.39, 0.29) is 11.3 Å². The molecule has 0 fully saturated rings. The van der Waals surface area contributed by atoms with Crippen LogP contribution in [0.2, 0.25) is 0 Å². The monoisotopic (exact) mass is 448 g/mol. The first-order valence-electron chi connectivity index (χ1n) is 10.1. The number of fused-ring (bicyclic) bond motifs is 1. The number of rotatable bonds is 4. The number of aromatic nitrogens is 1. The van der Waals surface area contributed by atoms with Crippen molar-refractivity contribution in [2.75, 3.05) is 4.90 Å². The first-order valence-corrected chi connectivity index (χ1v) is 10.9. The summed E-state index contributed by atoms with van der Waals surface area (Å²) in [6, 6.07) is 9.69. The van der Waals surface area contributed by atoms with E-state index >= 15 is 0 Å². The summed E-state index contributed by atoms with van der Waals surface area (Å²) in [5, 5.41) is 11.2. The molecule has 1 aliphatic heterocycles. The fourth-order valence-electron chi connectivity index (χ4n) is 4.06. The molecule has 0 saturated carbocycles. The second kappa shape index (κ2) is 7.20. The zero-order valence-corrected chi connectivity index (χ0v) is 18.7. The maximum Gasteiger partial charge on any atom is 0.296 e. The molecule has 162 valence electrons. The second-order valence-corrected chi connectivity index (χ2v) is 8.96. The van der Waals surface area contributed by atoms with Gasteiger partial charge in [0.15, 0.2) is 16.7 Å². The molecule has 1 atom stereocenters. The van der Waals surface area contributed by atoms with Crippen LogP contribution in [0.4, 0.5) is 5.13 Å². The van der Waals surface area contributed by atoms with Crippen LogP contribution in [0.3, 0.4) is 0 Å². The van der Waals surface area contributed by atoms with E-state index < -0.39 is 23.5 Å². The number of nitrogens with zero attached hydrogens (tertiary/aromatic N) is 2. The van der Waals surface area contributed by atoms with E-state index in [4.69, 9.17) is 8.83 Å². The third kappa shape index (κ3) is 3.06. The molecule has 7 nitrogen and oxygen atoms in total. The summed E-state index contributed by atoms with van der Waals surface area (Å²) in [4.78, 5) is 32.6. The Kier molecular flexibility index (Phi) is 4.56. The van der Waals surface area contributed by atoms with E-state index in [1.54, 1.807) is 32.0 Å². The maximum atomic E-state index is 13.3. The smallest absolute Gasteiger partial charge is 0.296 e. The molecule has 8 heteroatoms. The number of hydrogen-bond acceptors (Lipinski definition) is 7. The van der Waals surface area contributed by atoms with Gasteiger partial charge in [0.1, 0.15) is 23.3 Å². The zero-order chi connectivity index (χ0) is 22.7. The number of thiazole rings is 1. The molecule has 1 unspecified atom stereocenters. The van der Waals surface area contributed by atoms with Crippen LogP contribution < -0.4 is 4.90 Å². The van der Waals surface area contributed by atoms with Crippen LogP contribution in [0.5, 0.6) is 0 Å². The van der Waals surface area contributed by atoms with Gasteiger partial charge in [-0.1, -0.05) is 17.4 Å². The predicted octanol–water partition coefficient (Wildman–Crippen LogP) is 5.50. The van der Waals surface area contributed by atoms with Crippen molar-refractivity contribution in [2.45, 2.75) is 33.7 Å². The molecule has 32 heavy (non-hydrogen) atoms. The molecule has 0 radical (unpaired) electrons. The van der Waals surface area contributed by atoms with Crippen molar-refractivity contribution in [2.24, 2.45) is 0 Å². The van der Waals surface area contributed by atoms with Gasteiger partial charge in [0.2, 0.25) is 5.78 Å². The summed E-state index contributed by atoms with van der Waals surface area (Å²) in [6.45, 7) is 7.45. The summed E-state index contributed by atoms with van der Waals surface area (Å²) in [5.74, 6) is -0.327. The number of carbonyl (C=O) groups is 2. The zero-order valence-electron chi connectivity index (χ0n) is 17.9. The second-order valence-electron chi connectivity index (χ2n) is 7.95. The molecule has 1 N–H and O–H groups in total. The fraction of sp³-hybridized carbons (Fsp3) is 0.208. The molecular formula is C24H20N2O5S. The number of benzene rings is 1. The van der Waals surface area contributed by atoms with Gasteiger partial charge in [-0.3, -0.25) is 14.5 Å². The molecular weight excluding hydrogens is 428 g/mol. The summed E-state index contributed by atoms with van der Waals surface area (Å²) < 4.78 is 12.2. The number of carbonyl (C=O) groups excluding carboxylic acids is 2. The van der Waals surface area contributed by atoms with Crippen molar-refractivity contribution in [1.29, 1.82) is 0 Å². The average molecular weight is 449 g/mol. The molecule has 0 aliphatic carbocycles. The third-order valence-corrected chi connectivity index (χ3v) is 6.47. The quantitative estimate of drug-likeness (QED) is 0.414. The predicted molar refractivity (Wildman–Crippen MR) is 120 cm³/mol. The molecule has 0 bridgehead atoms. The van der Waals surface area contributed by atoms with Crippen LogP contribution in [-0.4, -0.2) is 21.8 Å². The van der Waals surface area contributed by atoms with E-state index in [0.29, 0.717) is 22.4 Å². The number of aliphatic hydroxyl groups is 1. The Hall–Kier alpha value is -3.65. The molecule has 5 rings (SSSR count). The lowest BCUT2D eigenvalue weighted by Gasteiger charge is -2.22. The van der Waals surface area contributed by atoms with Crippen LogP contribution in [0.25, 0.3) is 10.2 Å². The summed E-state index contributed by atoms with van der Waals surface area (Å²) in [5.41, 5.74) is 2.75. The molecule has 1 amide bonds. The molecule has 4 heterocycles. The number of hydrogen-bond donors (Lipinski definition) is 1. The summed E-state index contributed by atoms with van der Waals surface area (Å²) in [6.07, 6.45) is 0. The number of ketones is 1. The SMILES string of the molecule is Cc1cc(C)c2nc(N3C(=O)C(O)=C(C(=O)c4ccc(C)o4)C3c3ccc(C)o3)sc2c1. The molecule has 4 aromatic rings. The minimum atomic E-state index is -0.962. The van der Waals surface area contributed by atoms with Gasteiger partial charge in [0, 0.05) is 0 Å². The van der Waals surface area contributed by atoms with Gasteiger partial charge in [0.25, 0.3) is 5.91 Å². The number of anilines is 1. The van der Waals surface area contributed by atoms with Gasteiger partial charge in [-0.15, -0.1) is 0 Å². The third-order valence-electron chi connectivity index (χ3n) is 5.47. The van der Waals surface area contributed by atoms with Gasteiger partial charge < -0.3 is 13.9 Å². The standard InChI is InChI=1S/C24H20N2O5S/c1-11-9-12(2)19-17(10-11)32-24(25-19)26-20(15-7-5-13(3)30-15)18(22(28)23(26)29)21(27)16-8-6-14(4)31-16/h5-10,20,28H,1-4H3. The van der Waals surface area contributed by atoms with Crippen LogP contribution in [0.1, 0.15) is 45.0 Å². The summed E-state index contributed by atoms with van der Waals surface area (Å²) >= 11 is 1.33. The van der Waals surface area contributed by atoms with Crippen molar-refractivity contribution in [3.05, 3.63) is 81.9 Å². The molecule has 3 aromatic heterocycles. The maximum absolute atomic E-state index is 13.3. The highest BCUT2D eigenvalue weighted by atomic mass is 32.1. The highest BCUT2D eigenvalue weighted by molar-refractivity contribution is 7.22. The molecule has 0 saturated heterocycles. The molecule has 0 spiro atoms. The number of Topliss-reactive ketones (excluding diaryl/α,β-unsaturated/α-hetero) is 1.